The van der Waals surface area contributed by atoms with Crippen LogP contribution in [0, 0.1) is 0 Å². The van der Waals surface area contributed by atoms with Gasteiger partial charge >= 0.3 is 29.6 Å². The summed E-state index contributed by atoms with van der Waals surface area (Å²) < 4.78 is 58.6. The van der Waals surface area contributed by atoms with Gasteiger partial charge in [0.1, 0.15) is 15.0 Å². The number of methoxy groups -OCH3 is 2. The van der Waals surface area contributed by atoms with Crippen molar-refractivity contribution in [1.29, 1.82) is 0 Å². The Morgan fingerprint density at radius 1 is 0.788 bits per heavy atom. The van der Waals surface area contributed by atoms with Gasteiger partial charge < -0.3 is 23.5 Å². The van der Waals surface area contributed by atoms with Crippen LogP contribution in [0.4, 0.5) is 0 Å². The largest absolute Gasteiger partial charge is 1.00 e. The van der Waals surface area contributed by atoms with E-state index >= 15 is 0 Å². The van der Waals surface area contributed by atoms with Crippen LogP contribution in [0.3, 0.4) is 0 Å². The maximum absolute atomic E-state index is 12.1. The van der Waals surface area contributed by atoms with E-state index in [0.717, 1.165) is 38.5 Å². The first kappa shape index (κ1) is 32.5. The smallest absolute Gasteiger partial charge is 0.744 e. The van der Waals surface area contributed by atoms with Gasteiger partial charge in [-0.1, -0.05) is 58.8 Å². The molecule has 0 saturated heterocycles. The van der Waals surface area contributed by atoms with Gasteiger partial charge in [0.2, 0.25) is 5.75 Å². The molecule has 0 unspecified atom stereocenters. The molecular formula is C24H41NaO7S. The summed E-state index contributed by atoms with van der Waals surface area (Å²) in [5.41, 5.74) is 0.359. The van der Waals surface area contributed by atoms with Gasteiger partial charge in [-0.3, -0.25) is 0 Å². The Bertz CT molecular complexity index is 754. The fourth-order valence-corrected chi connectivity index (χ4v) is 4.45. The molecule has 0 N–H and O–H groups in total. The normalized spacial score (nSPS) is 11.2. The first-order chi connectivity index (χ1) is 15.4. The zero-order chi connectivity index (χ0) is 23.8. The van der Waals surface area contributed by atoms with E-state index in [1.54, 1.807) is 6.07 Å². The summed E-state index contributed by atoms with van der Waals surface area (Å²) in [5.74, 6) is 0.445. The van der Waals surface area contributed by atoms with Crippen molar-refractivity contribution in [1.82, 2.24) is 0 Å². The Morgan fingerprint density at radius 3 is 1.97 bits per heavy atom. The summed E-state index contributed by atoms with van der Waals surface area (Å²) in [6.45, 7) is 5.86. The molecule has 0 fully saturated rings. The summed E-state index contributed by atoms with van der Waals surface area (Å²) in [6, 6.07) is 1.57. The van der Waals surface area contributed by atoms with Gasteiger partial charge in [-0.25, -0.2) is 8.42 Å². The van der Waals surface area contributed by atoms with Crippen molar-refractivity contribution in [3.8, 4) is 17.2 Å². The maximum atomic E-state index is 12.1. The van der Waals surface area contributed by atoms with Crippen LogP contribution in [0.5, 0.6) is 17.2 Å². The molecule has 1 aromatic carbocycles. The van der Waals surface area contributed by atoms with Crippen LogP contribution in [0.2, 0.25) is 0 Å². The zero-order valence-electron chi connectivity index (χ0n) is 21.2. The third-order valence-electron chi connectivity index (χ3n) is 5.28. The van der Waals surface area contributed by atoms with Crippen molar-refractivity contribution in [2.45, 2.75) is 89.4 Å². The maximum Gasteiger partial charge on any atom is 1.00 e. The van der Waals surface area contributed by atoms with E-state index in [1.807, 2.05) is 0 Å². The molecular weight excluding hydrogens is 455 g/mol. The zero-order valence-corrected chi connectivity index (χ0v) is 24.1. The minimum Gasteiger partial charge on any atom is -0.744 e. The molecule has 0 saturated carbocycles. The summed E-state index contributed by atoms with van der Waals surface area (Å²) in [4.78, 5) is -0.371. The Balaban J connectivity index is 0.0000102. The molecule has 1 aromatic rings. The van der Waals surface area contributed by atoms with Crippen molar-refractivity contribution in [3.63, 3.8) is 0 Å². The Labute approximate surface area is 222 Å². The van der Waals surface area contributed by atoms with Crippen molar-refractivity contribution in [2.75, 3.05) is 34.0 Å². The second-order valence-corrected chi connectivity index (χ2v) is 9.24. The number of hydrogen-bond donors (Lipinski definition) is 0. The molecule has 0 radical (unpaired) electrons. The van der Waals surface area contributed by atoms with E-state index < -0.39 is 10.1 Å². The van der Waals surface area contributed by atoms with Crippen LogP contribution >= 0.6 is 0 Å². The molecule has 0 spiro atoms. The van der Waals surface area contributed by atoms with Gasteiger partial charge in [-0.05, 0) is 37.3 Å². The summed E-state index contributed by atoms with van der Waals surface area (Å²) in [5, 5.41) is 0. The van der Waals surface area contributed by atoms with Gasteiger partial charge in [0, 0.05) is 13.2 Å². The predicted octanol–water partition coefficient (Wildman–Crippen LogP) is 2.49. The standard InChI is InChI=1S/C24H42O7S.Na/c1-5-7-9-10-11-13-18-31-22-21(28-3)19-20(15-14-17-30-16-12-8-6-2)24(23(22)29-4)32(25,26)27;/h19H,5-18H2,1-4H3,(H,25,26,27);/q;+1/p-1. The van der Waals surface area contributed by atoms with Crippen LogP contribution < -0.4 is 43.8 Å². The summed E-state index contributed by atoms with van der Waals surface area (Å²) >= 11 is 0. The Kier molecular flexibility index (Phi) is 18.5. The van der Waals surface area contributed by atoms with Gasteiger partial charge in [0.05, 0.1) is 20.8 Å². The molecule has 0 aliphatic carbocycles. The van der Waals surface area contributed by atoms with Crippen molar-refractivity contribution in [3.05, 3.63) is 11.6 Å². The molecule has 186 valence electrons. The average molecular weight is 497 g/mol. The summed E-state index contributed by atoms with van der Waals surface area (Å²) in [6.07, 6.45) is 10.8. The minimum absolute atomic E-state index is 0. The van der Waals surface area contributed by atoms with E-state index in [9.17, 15) is 13.0 Å². The molecule has 33 heavy (non-hydrogen) atoms. The molecule has 9 heteroatoms. The molecule has 0 aromatic heterocycles. The quantitative estimate of drug-likeness (QED) is 0.165. The molecule has 0 aliphatic heterocycles. The van der Waals surface area contributed by atoms with Crippen LogP contribution in [-0.2, 0) is 21.3 Å². The number of ether oxygens (including phenoxy) is 4. The number of hydrogen-bond acceptors (Lipinski definition) is 7. The SMILES string of the molecule is CCCCCCCCOc1c(OC)cc(CCCOCCCCC)c(S(=O)(=O)[O-])c1OC.[Na+]. The van der Waals surface area contributed by atoms with Crippen LogP contribution in [-0.4, -0.2) is 47.0 Å². The van der Waals surface area contributed by atoms with Gasteiger partial charge in [-0.15, -0.1) is 0 Å². The molecule has 0 atom stereocenters. The number of rotatable bonds is 19. The third-order valence-corrected chi connectivity index (χ3v) is 6.23. The first-order valence-electron chi connectivity index (χ1n) is 11.8. The molecule has 0 aliphatic rings. The summed E-state index contributed by atoms with van der Waals surface area (Å²) in [7, 11) is -1.96. The molecule has 1 rings (SSSR count). The van der Waals surface area contributed by atoms with Gasteiger partial charge in [-0.2, -0.15) is 0 Å². The average Bonchev–Trinajstić information content (AvgIpc) is 2.76. The third kappa shape index (κ3) is 12.1. The van der Waals surface area contributed by atoms with E-state index in [2.05, 4.69) is 13.8 Å². The van der Waals surface area contributed by atoms with Gasteiger partial charge in [0.15, 0.2) is 11.5 Å². The van der Waals surface area contributed by atoms with E-state index in [1.165, 1.54) is 33.5 Å². The fourth-order valence-electron chi connectivity index (χ4n) is 3.56. The molecule has 0 bridgehead atoms. The topological polar surface area (TPSA) is 94.1 Å². The molecule has 0 amide bonds. The fraction of sp³-hybridized carbons (Fsp3) is 0.750. The van der Waals surface area contributed by atoms with Crippen LogP contribution in [0.15, 0.2) is 11.0 Å². The second kappa shape index (κ2) is 18.8. The monoisotopic (exact) mass is 496 g/mol. The van der Waals surface area contributed by atoms with Crippen LogP contribution in [0.1, 0.15) is 83.6 Å². The first-order valence-corrected chi connectivity index (χ1v) is 13.3. The van der Waals surface area contributed by atoms with E-state index in [0.29, 0.717) is 44.0 Å². The molecule has 0 heterocycles. The van der Waals surface area contributed by atoms with E-state index in [-0.39, 0.29) is 46.0 Å². The predicted molar refractivity (Wildman–Crippen MR) is 125 cm³/mol. The minimum atomic E-state index is -4.78. The van der Waals surface area contributed by atoms with Gasteiger partial charge in [0.25, 0.3) is 0 Å². The van der Waals surface area contributed by atoms with Crippen molar-refractivity contribution in [2.24, 2.45) is 0 Å². The van der Waals surface area contributed by atoms with Crippen molar-refractivity contribution >= 4 is 10.1 Å². The van der Waals surface area contributed by atoms with Crippen LogP contribution in [0.25, 0.3) is 0 Å². The van der Waals surface area contributed by atoms with Crippen molar-refractivity contribution < 1.29 is 61.5 Å². The Morgan fingerprint density at radius 2 is 1.36 bits per heavy atom. The molecule has 7 nitrogen and oxygen atoms in total. The second-order valence-electron chi connectivity index (χ2n) is 7.92. The number of unbranched alkanes of at least 4 members (excludes halogenated alkanes) is 7. The number of benzene rings is 1. The van der Waals surface area contributed by atoms with E-state index in [4.69, 9.17) is 18.9 Å². The number of aryl methyl sites for hydroxylation is 1. The Hall–Kier alpha value is -0.510.